The number of fused-ring (bicyclic) bond motifs is 1. The summed E-state index contributed by atoms with van der Waals surface area (Å²) < 4.78 is 32.8. The molecule has 8 nitrogen and oxygen atoms in total. The third-order valence-electron chi connectivity index (χ3n) is 5.58. The van der Waals surface area contributed by atoms with E-state index < -0.39 is 34.2 Å². The number of aryl methyl sites for hydroxylation is 1. The van der Waals surface area contributed by atoms with Gasteiger partial charge >= 0.3 is 0 Å². The summed E-state index contributed by atoms with van der Waals surface area (Å²) in [6.45, 7) is 1.53. The minimum atomic E-state index is -4.34. The molecule has 1 aliphatic rings. The van der Waals surface area contributed by atoms with Crippen molar-refractivity contribution in [1.82, 2.24) is 4.90 Å². The van der Waals surface area contributed by atoms with Crippen LogP contribution in [0.4, 0.5) is 5.69 Å². The number of benzene rings is 3. The van der Waals surface area contributed by atoms with Gasteiger partial charge < -0.3 is 4.74 Å². The quantitative estimate of drug-likeness (QED) is 0.442. The first-order valence-electron chi connectivity index (χ1n) is 10.6. The van der Waals surface area contributed by atoms with Crippen molar-refractivity contribution in [2.24, 2.45) is 0 Å². The van der Waals surface area contributed by atoms with E-state index in [2.05, 4.69) is 0 Å². The zero-order valence-corrected chi connectivity index (χ0v) is 20.5. The number of carbonyl (C=O) groups is 3. The minimum absolute atomic E-state index is 0.00346. The Morgan fingerprint density at radius 3 is 2.11 bits per heavy atom. The Morgan fingerprint density at radius 1 is 0.971 bits per heavy atom. The number of sulfonamides is 1. The van der Waals surface area contributed by atoms with Gasteiger partial charge in [0.2, 0.25) is 5.91 Å². The van der Waals surface area contributed by atoms with Crippen LogP contribution >= 0.6 is 11.6 Å². The van der Waals surface area contributed by atoms with Crippen LogP contribution in [-0.4, -0.2) is 44.7 Å². The molecule has 0 unspecified atom stereocenters. The number of hydrogen-bond acceptors (Lipinski definition) is 6. The van der Waals surface area contributed by atoms with E-state index >= 15 is 0 Å². The molecule has 0 fully saturated rings. The summed E-state index contributed by atoms with van der Waals surface area (Å²) in [7, 11) is -2.93. The first-order chi connectivity index (χ1) is 16.6. The van der Waals surface area contributed by atoms with Crippen molar-refractivity contribution in [2.75, 3.05) is 18.0 Å². The van der Waals surface area contributed by atoms with E-state index in [1.807, 2.05) is 6.92 Å². The summed E-state index contributed by atoms with van der Waals surface area (Å²) in [4.78, 5) is 39.5. The predicted molar refractivity (Wildman–Crippen MR) is 130 cm³/mol. The SMILES string of the molecule is COc1ccc(N(C(=O)CCN2C(=O)c3ccccc3C2=O)S(=O)(=O)c2ccc(C)cc2)cc1Cl. The van der Waals surface area contributed by atoms with Gasteiger partial charge in [-0.15, -0.1) is 0 Å². The molecule has 0 aromatic heterocycles. The van der Waals surface area contributed by atoms with Crippen molar-refractivity contribution in [2.45, 2.75) is 18.2 Å². The van der Waals surface area contributed by atoms with Crippen molar-refractivity contribution in [3.63, 3.8) is 0 Å². The van der Waals surface area contributed by atoms with Gasteiger partial charge in [0.1, 0.15) is 5.75 Å². The molecule has 0 radical (unpaired) electrons. The van der Waals surface area contributed by atoms with Crippen molar-refractivity contribution in [3.8, 4) is 5.75 Å². The Kier molecular flexibility index (Phi) is 6.64. The van der Waals surface area contributed by atoms with E-state index in [0.29, 0.717) is 10.1 Å². The van der Waals surface area contributed by atoms with E-state index in [-0.39, 0.29) is 33.3 Å². The zero-order chi connectivity index (χ0) is 25.3. The van der Waals surface area contributed by atoms with Crippen molar-refractivity contribution in [1.29, 1.82) is 0 Å². The smallest absolute Gasteiger partial charge is 0.270 e. The number of ether oxygens (including phenoxy) is 1. The zero-order valence-electron chi connectivity index (χ0n) is 18.9. The molecule has 0 bridgehead atoms. The van der Waals surface area contributed by atoms with Crippen LogP contribution in [0, 0.1) is 6.92 Å². The fraction of sp³-hybridized carbons (Fsp3) is 0.160. The van der Waals surface area contributed by atoms with Crippen LogP contribution in [0.1, 0.15) is 32.7 Å². The molecular weight excluding hydrogens is 492 g/mol. The molecule has 4 rings (SSSR count). The molecule has 35 heavy (non-hydrogen) atoms. The molecule has 1 heterocycles. The third-order valence-corrected chi connectivity index (χ3v) is 7.64. The fourth-order valence-electron chi connectivity index (χ4n) is 3.77. The van der Waals surface area contributed by atoms with Crippen LogP contribution in [0.15, 0.2) is 71.6 Å². The lowest BCUT2D eigenvalue weighted by Crippen LogP contribution is -2.40. The number of halogens is 1. The number of amides is 3. The van der Waals surface area contributed by atoms with Crippen LogP contribution in [-0.2, 0) is 14.8 Å². The molecule has 0 aliphatic carbocycles. The molecular formula is C25H21ClN2O6S. The van der Waals surface area contributed by atoms with Gasteiger partial charge in [-0.1, -0.05) is 41.4 Å². The molecule has 1 aliphatic heterocycles. The van der Waals surface area contributed by atoms with Crippen molar-refractivity contribution < 1.29 is 27.5 Å². The summed E-state index contributed by atoms with van der Waals surface area (Å²) in [5.74, 6) is -1.58. The average molecular weight is 513 g/mol. The average Bonchev–Trinajstić information content (AvgIpc) is 3.08. The van der Waals surface area contributed by atoms with Crippen LogP contribution in [0.3, 0.4) is 0 Å². The Morgan fingerprint density at radius 2 is 1.57 bits per heavy atom. The molecule has 180 valence electrons. The maximum atomic E-state index is 13.5. The van der Waals surface area contributed by atoms with E-state index in [1.165, 1.54) is 49.6 Å². The largest absolute Gasteiger partial charge is 0.495 e. The normalized spacial score (nSPS) is 13.1. The van der Waals surface area contributed by atoms with Gasteiger partial charge in [-0.2, -0.15) is 0 Å². The summed E-state index contributed by atoms with van der Waals surface area (Å²) >= 11 is 6.21. The standard InChI is InChI=1S/C25H21ClN2O6S/c1-16-7-10-18(11-8-16)35(32,33)28(17-9-12-22(34-2)21(26)15-17)23(29)13-14-27-24(30)19-5-3-4-6-20(19)25(27)31/h3-12,15H,13-14H2,1-2H3. The van der Waals surface area contributed by atoms with Gasteiger partial charge in [-0.25, -0.2) is 12.7 Å². The highest BCUT2D eigenvalue weighted by Crippen LogP contribution is 2.33. The highest BCUT2D eigenvalue weighted by molar-refractivity contribution is 7.93. The van der Waals surface area contributed by atoms with Crippen LogP contribution < -0.4 is 9.04 Å². The Bertz CT molecular complexity index is 1400. The van der Waals surface area contributed by atoms with Crippen molar-refractivity contribution >= 4 is 45.0 Å². The van der Waals surface area contributed by atoms with Gasteiger partial charge in [-0.3, -0.25) is 19.3 Å². The summed E-state index contributed by atoms with van der Waals surface area (Å²) in [6, 6.07) is 16.6. The summed E-state index contributed by atoms with van der Waals surface area (Å²) in [5.41, 5.74) is 1.34. The third kappa shape index (κ3) is 4.52. The maximum absolute atomic E-state index is 13.5. The minimum Gasteiger partial charge on any atom is -0.495 e. The second kappa shape index (κ2) is 9.52. The number of hydrogen-bond donors (Lipinski definition) is 0. The lowest BCUT2D eigenvalue weighted by Gasteiger charge is -2.24. The van der Waals surface area contributed by atoms with Gasteiger partial charge in [-0.05, 0) is 49.4 Å². The van der Waals surface area contributed by atoms with E-state index in [9.17, 15) is 22.8 Å². The van der Waals surface area contributed by atoms with Crippen LogP contribution in [0.25, 0.3) is 0 Å². The number of carbonyl (C=O) groups excluding carboxylic acids is 3. The fourth-order valence-corrected chi connectivity index (χ4v) is 5.46. The van der Waals surface area contributed by atoms with Gasteiger partial charge in [0, 0.05) is 13.0 Å². The Hall–Kier alpha value is -3.69. The number of anilines is 1. The second-order valence-corrected chi connectivity index (χ2v) is 10.0. The predicted octanol–water partition coefficient (Wildman–Crippen LogP) is 4.07. The Balaban J connectivity index is 1.67. The maximum Gasteiger partial charge on any atom is 0.270 e. The number of rotatable bonds is 7. The molecule has 3 amide bonds. The second-order valence-electron chi connectivity index (χ2n) is 7.85. The van der Waals surface area contributed by atoms with Crippen molar-refractivity contribution in [3.05, 3.63) is 88.4 Å². The first-order valence-corrected chi connectivity index (χ1v) is 12.4. The lowest BCUT2D eigenvalue weighted by molar-refractivity contribution is -0.117. The van der Waals surface area contributed by atoms with Gasteiger partial charge in [0.05, 0.1) is 33.8 Å². The molecule has 0 atom stereocenters. The lowest BCUT2D eigenvalue weighted by atomic mass is 10.1. The molecule has 0 N–H and O–H groups in total. The molecule has 10 heteroatoms. The molecule has 3 aromatic carbocycles. The summed E-state index contributed by atoms with van der Waals surface area (Å²) in [6.07, 6.45) is -0.416. The van der Waals surface area contributed by atoms with E-state index in [4.69, 9.17) is 16.3 Å². The molecule has 3 aromatic rings. The number of nitrogens with zero attached hydrogens (tertiary/aromatic N) is 2. The number of imide groups is 1. The van der Waals surface area contributed by atoms with Crippen LogP contribution in [0.5, 0.6) is 5.75 Å². The van der Waals surface area contributed by atoms with E-state index in [1.54, 1.807) is 24.3 Å². The topological polar surface area (TPSA) is 101 Å². The Labute approximate surface area is 207 Å². The monoisotopic (exact) mass is 512 g/mol. The summed E-state index contributed by atoms with van der Waals surface area (Å²) in [5, 5.41) is 0.113. The first kappa shape index (κ1) is 24.4. The van der Waals surface area contributed by atoms with Gasteiger partial charge in [0.25, 0.3) is 21.8 Å². The molecule has 0 saturated heterocycles. The highest BCUT2D eigenvalue weighted by atomic mass is 35.5. The molecule has 0 saturated carbocycles. The molecule has 0 spiro atoms. The van der Waals surface area contributed by atoms with Crippen LogP contribution in [0.2, 0.25) is 5.02 Å². The van der Waals surface area contributed by atoms with E-state index in [0.717, 1.165) is 10.5 Å². The number of methoxy groups -OCH3 is 1. The highest BCUT2D eigenvalue weighted by Gasteiger charge is 2.37. The van der Waals surface area contributed by atoms with Gasteiger partial charge in [0.15, 0.2) is 0 Å².